The Labute approximate surface area is 189 Å². The molecule has 7 nitrogen and oxygen atoms in total. The fourth-order valence-electron chi connectivity index (χ4n) is 3.33. The summed E-state index contributed by atoms with van der Waals surface area (Å²) < 4.78 is 5.39. The van der Waals surface area contributed by atoms with Gasteiger partial charge in [0, 0.05) is 25.3 Å². The van der Waals surface area contributed by atoms with Crippen LogP contribution in [-0.4, -0.2) is 31.5 Å². The number of furan rings is 1. The molecule has 1 aromatic carbocycles. The second-order valence-electron chi connectivity index (χ2n) is 6.98. The first kappa shape index (κ1) is 23.1. The molecule has 0 spiro atoms. The number of carbonyl (C=O) groups excluding carboxylic acids is 1. The molecule has 1 aliphatic heterocycles. The lowest BCUT2D eigenvalue weighted by atomic mass is 10.1. The molecule has 1 saturated heterocycles. The standard InChI is InChI=1S/C21H29N5O2.HI/c1-3-23-21(24-14-18-9-10-19(28-18)20(22)27)25-15(2)16-7-6-8-17(13-16)26-11-4-5-12-26;/h6-10,13,15H,3-5,11-12,14H2,1-2H3,(H2,22,27)(H2,23,24,25);1H. The van der Waals surface area contributed by atoms with E-state index in [4.69, 9.17) is 10.2 Å². The average molecular weight is 511 g/mol. The summed E-state index contributed by atoms with van der Waals surface area (Å²) in [5, 5.41) is 6.69. The van der Waals surface area contributed by atoms with Crippen molar-refractivity contribution >= 4 is 41.5 Å². The van der Waals surface area contributed by atoms with Crippen molar-refractivity contribution in [3.63, 3.8) is 0 Å². The van der Waals surface area contributed by atoms with Gasteiger partial charge >= 0.3 is 0 Å². The third-order valence-corrected chi connectivity index (χ3v) is 4.84. The molecule has 0 saturated carbocycles. The minimum atomic E-state index is -0.577. The summed E-state index contributed by atoms with van der Waals surface area (Å²) in [6.07, 6.45) is 2.53. The Kier molecular flexibility index (Phi) is 8.81. The van der Waals surface area contributed by atoms with Crippen LogP contribution in [0.4, 0.5) is 5.69 Å². The first-order valence-corrected chi connectivity index (χ1v) is 9.85. The van der Waals surface area contributed by atoms with E-state index in [1.165, 1.54) is 24.1 Å². The lowest BCUT2D eigenvalue weighted by Crippen LogP contribution is -2.38. The molecule has 4 N–H and O–H groups in total. The van der Waals surface area contributed by atoms with E-state index in [0.29, 0.717) is 18.3 Å². The summed E-state index contributed by atoms with van der Waals surface area (Å²) in [7, 11) is 0. The number of benzene rings is 1. The van der Waals surface area contributed by atoms with Gasteiger partial charge in [-0.2, -0.15) is 0 Å². The molecule has 8 heteroatoms. The molecule has 1 aliphatic rings. The molecule has 1 atom stereocenters. The van der Waals surface area contributed by atoms with Crippen molar-refractivity contribution in [1.29, 1.82) is 0 Å². The number of nitrogens with one attached hydrogen (secondary N) is 2. The van der Waals surface area contributed by atoms with Crippen molar-refractivity contribution in [3.05, 3.63) is 53.5 Å². The normalized spacial score (nSPS) is 15.0. The number of nitrogens with two attached hydrogens (primary N) is 1. The minimum absolute atomic E-state index is 0. The molecular formula is C21H30IN5O2. The molecule has 0 bridgehead atoms. The molecule has 29 heavy (non-hydrogen) atoms. The zero-order valence-corrected chi connectivity index (χ0v) is 19.3. The number of aliphatic imine (C=N–C) groups is 1. The minimum Gasteiger partial charge on any atom is -0.454 e. The summed E-state index contributed by atoms with van der Waals surface area (Å²) in [5.74, 6) is 0.857. The predicted octanol–water partition coefficient (Wildman–Crippen LogP) is 3.41. The first-order valence-electron chi connectivity index (χ1n) is 9.85. The van der Waals surface area contributed by atoms with Crippen LogP contribution in [0.1, 0.15) is 54.6 Å². The zero-order valence-electron chi connectivity index (χ0n) is 17.0. The van der Waals surface area contributed by atoms with Gasteiger partial charge in [0.2, 0.25) is 0 Å². The zero-order chi connectivity index (χ0) is 19.9. The topological polar surface area (TPSA) is 95.9 Å². The number of carbonyl (C=O) groups is 1. The van der Waals surface area contributed by atoms with Crippen LogP contribution in [0.15, 0.2) is 45.8 Å². The van der Waals surface area contributed by atoms with Crippen LogP contribution in [-0.2, 0) is 6.54 Å². The maximum atomic E-state index is 11.1. The van der Waals surface area contributed by atoms with Gasteiger partial charge in [-0.15, -0.1) is 24.0 Å². The van der Waals surface area contributed by atoms with E-state index in [0.717, 1.165) is 19.6 Å². The van der Waals surface area contributed by atoms with E-state index < -0.39 is 5.91 Å². The van der Waals surface area contributed by atoms with Gasteiger partial charge in [0.05, 0.1) is 6.04 Å². The summed E-state index contributed by atoms with van der Waals surface area (Å²) in [6.45, 7) is 7.47. The van der Waals surface area contributed by atoms with Crippen LogP contribution in [0.5, 0.6) is 0 Å². The van der Waals surface area contributed by atoms with Crippen LogP contribution in [0.3, 0.4) is 0 Å². The molecule has 0 aliphatic carbocycles. The van der Waals surface area contributed by atoms with E-state index >= 15 is 0 Å². The largest absolute Gasteiger partial charge is 0.454 e. The monoisotopic (exact) mass is 511 g/mol. The highest BCUT2D eigenvalue weighted by atomic mass is 127. The van der Waals surface area contributed by atoms with Gasteiger partial charge in [-0.1, -0.05) is 12.1 Å². The fraction of sp³-hybridized carbons (Fsp3) is 0.429. The molecule has 2 heterocycles. The van der Waals surface area contributed by atoms with Crippen molar-refractivity contribution in [3.8, 4) is 0 Å². The smallest absolute Gasteiger partial charge is 0.284 e. The van der Waals surface area contributed by atoms with E-state index in [1.54, 1.807) is 12.1 Å². The molecular weight excluding hydrogens is 481 g/mol. The number of primary amides is 1. The molecule has 1 amide bonds. The number of hydrogen-bond donors (Lipinski definition) is 3. The van der Waals surface area contributed by atoms with Gasteiger partial charge in [-0.3, -0.25) is 4.79 Å². The third kappa shape index (κ3) is 6.38. The van der Waals surface area contributed by atoms with E-state index in [1.807, 2.05) is 6.92 Å². The van der Waals surface area contributed by atoms with Gasteiger partial charge in [-0.25, -0.2) is 4.99 Å². The Hall–Kier alpha value is -2.23. The second kappa shape index (κ2) is 11.1. The van der Waals surface area contributed by atoms with Gasteiger partial charge in [0.25, 0.3) is 5.91 Å². The summed E-state index contributed by atoms with van der Waals surface area (Å²) in [4.78, 5) is 18.1. The van der Waals surface area contributed by atoms with Crippen molar-refractivity contribution in [2.24, 2.45) is 10.7 Å². The number of hydrogen-bond acceptors (Lipinski definition) is 4. The Morgan fingerprint density at radius 3 is 2.69 bits per heavy atom. The summed E-state index contributed by atoms with van der Waals surface area (Å²) in [6, 6.07) is 12.0. The maximum Gasteiger partial charge on any atom is 0.284 e. The van der Waals surface area contributed by atoms with Gasteiger partial charge in [0.1, 0.15) is 12.3 Å². The second-order valence-corrected chi connectivity index (χ2v) is 6.98. The van der Waals surface area contributed by atoms with Crippen LogP contribution in [0.2, 0.25) is 0 Å². The molecule has 1 aromatic heterocycles. The first-order chi connectivity index (χ1) is 13.6. The Balaban J connectivity index is 0.00000300. The maximum absolute atomic E-state index is 11.1. The molecule has 0 radical (unpaired) electrons. The average Bonchev–Trinajstić information content (AvgIpc) is 3.38. The number of rotatable bonds is 7. The van der Waals surface area contributed by atoms with Crippen molar-refractivity contribution in [2.45, 2.75) is 39.3 Å². The van der Waals surface area contributed by atoms with Crippen molar-refractivity contribution in [2.75, 3.05) is 24.5 Å². The lowest BCUT2D eigenvalue weighted by Gasteiger charge is -2.22. The van der Waals surface area contributed by atoms with Gasteiger partial charge in [0.15, 0.2) is 11.7 Å². The van der Waals surface area contributed by atoms with Crippen molar-refractivity contribution < 1.29 is 9.21 Å². The van der Waals surface area contributed by atoms with Crippen LogP contribution in [0.25, 0.3) is 0 Å². The SMILES string of the molecule is CCNC(=NCc1ccc(C(N)=O)o1)NC(C)c1cccc(N2CCCC2)c1.I. The van der Waals surface area contributed by atoms with Gasteiger partial charge in [-0.05, 0) is 56.5 Å². The van der Waals surface area contributed by atoms with Gasteiger partial charge < -0.3 is 25.7 Å². The number of nitrogens with zero attached hydrogens (tertiary/aromatic N) is 2. The predicted molar refractivity (Wildman–Crippen MR) is 127 cm³/mol. The molecule has 2 aromatic rings. The Morgan fingerprint density at radius 2 is 2.03 bits per heavy atom. The summed E-state index contributed by atoms with van der Waals surface area (Å²) >= 11 is 0. The number of amides is 1. The number of anilines is 1. The van der Waals surface area contributed by atoms with Crippen molar-refractivity contribution in [1.82, 2.24) is 10.6 Å². The van der Waals surface area contributed by atoms with E-state index in [9.17, 15) is 4.79 Å². The number of halogens is 1. The molecule has 1 unspecified atom stereocenters. The molecule has 1 fully saturated rings. The highest BCUT2D eigenvalue weighted by molar-refractivity contribution is 14.0. The summed E-state index contributed by atoms with van der Waals surface area (Å²) in [5.41, 5.74) is 7.71. The highest BCUT2D eigenvalue weighted by Crippen LogP contribution is 2.24. The molecule has 158 valence electrons. The third-order valence-electron chi connectivity index (χ3n) is 4.84. The van der Waals surface area contributed by atoms with E-state index in [2.05, 4.69) is 51.7 Å². The molecule has 3 rings (SSSR count). The Bertz CT molecular complexity index is 830. The van der Waals surface area contributed by atoms with Crippen LogP contribution < -0.4 is 21.3 Å². The van der Waals surface area contributed by atoms with Crippen LogP contribution in [0, 0.1) is 0 Å². The Morgan fingerprint density at radius 1 is 1.28 bits per heavy atom. The quantitative estimate of drug-likeness (QED) is 0.301. The lowest BCUT2D eigenvalue weighted by molar-refractivity contribution is 0.0972. The number of guanidine groups is 1. The highest BCUT2D eigenvalue weighted by Gasteiger charge is 2.15. The fourth-order valence-corrected chi connectivity index (χ4v) is 3.33. The van der Waals surface area contributed by atoms with E-state index in [-0.39, 0.29) is 35.8 Å². The van der Waals surface area contributed by atoms with Crippen LogP contribution >= 0.6 is 24.0 Å².